The van der Waals surface area contributed by atoms with Gasteiger partial charge in [-0.15, -0.1) is 0 Å². The highest BCUT2D eigenvalue weighted by Gasteiger charge is 2.02. The second-order valence-corrected chi connectivity index (χ2v) is 3.66. The Kier molecular flexibility index (Phi) is 2.70. The highest BCUT2D eigenvalue weighted by molar-refractivity contribution is 6.34. The van der Waals surface area contributed by atoms with E-state index in [0.717, 1.165) is 30.3 Å². The Labute approximate surface area is 87.2 Å². The molecule has 0 aliphatic rings. The fourth-order valence-corrected chi connectivity index (χ4v) is 1.69. The second kappa shape index (κ2) is 3.98. The third kappa shape index (κ3) is 1.74. The molecule has 0 aliphatic carbocycles. The molecule has 4 heteroatoms. The average molecular weight is 210 g/mol. The number of aromatic nitrogens is 2. The maximum absolute atomic E-state index is 5.89. The van der Waals surface area contributed by atoms with Gasteiger partial charge in [0.15, 0.2) is 0 Å². The van der Waals surface area contributed by atoms with Crippen LogP contribution in [0.5, 0.6) is 0 Å². The van der Waals surface area contributed by atoms with Crippen molar-refractivity contribution in [3.63, 3.8) is 0 Å². The zero-order chi connectivity index (χ0) is 9.97. The van der Waals surface area contributed by atoms with Gasteiger partial charge in [-0.1, -0.05) is 17.7 Å². The third-order valence-corrected chi connectivity index (χ3v) is 2.53. The molecular formula is C10H12ClN3. The summed E-state index contributed by atoms with van der Waals surface area (Å²) in [6.07, 6.45) is 2.00. The van der Waals surface area contributed by atoms with Gasteiger partial charge in [0.1, 0.15) is 5.15 Å². The summed E-state index contributed by atoms with van der Waals surface area (Å²) in [7, 11) is 0. The number of hydrogen-bond donors (Lipinski definition) is 2. The second-order valence-electron chi connectivity index (χ2n) is 3.28. The van der Waals surface area contributed by atoms with E-state index in [9.17, 15) is 0 Å². The van der Waals surface area contributed by atoms with Crippen LogP contribution in [0.1, 0.15) is 12.0 Å². The molecule has 1 heterocycles. The summed E-state index contributed by atoms with van der Waals surface area (Å²) in [5.74, 6) is 0. The van der Waals surface area contributed by atoms with Crippen molar-refractivity contribution in [1.82, 2.24) is 10.2 Å². The fourth-order valence-electron chi connectivity index (χ4n) is 1.49. The number of benzene rings is 1. The minimum absolute atomic E-state index is 0.602. The lowest BCUT2D eigenvalue weighted by atomic mass is 10.1. The highest BCUT2D eigenvalue weighted by Crippen LogP contribution is 2.21. The van der Waals surface area contributed by atoms with E-state index in [1.54, 1.807) is 0 Å². The van der Waals surface area contributed by atoms with Crippen LogP contribution in [0.2, 0.25) is 5.15 Å². The molecule has 2 aromatic rings. The Morgan fingerprint density at radius 1 is 1.43 bits per heavy atom. The molecule has 0 atom stereocenters. The van der Waals surface area contributed by atoms with E-state index in [2.05, 4.69) is 16.3 Å². The topological polar surface area (TPSA) is 54.7 Å². The Morgan fingerprint density at radius 3 is 3.07 bits per heavy atom. The Morgan fingerprint density at radius 2 is 2.29 bits per heavy atom. The number of halogens is 1. The molecule has 14 heavy (non-hydrogen) atoms. The van der Waals surface area contributed by atoms with Crippen molar-refractivity contribution in [1.29, 1.82) is 0 Å². The minimum Gasteiger partial charge on any atom is -0.330 e. The van der Waals surface area contributed by atoms with E-state index in [0.29, 0.717) is 5.15 Å². The molecule has 0 unspecified atom stereocenters. The highest BCUT2D eigenvalue weighted by atomic mass is 35.5. The summed E-state index contributed by atoms with van der Waals surface area (Å²) in [6, 6.07) is 6.11. The monoisotopic (exact) mass is 209 g/mol. The molecule has 0 spiro atoms. The smallest absolute Gasteiger partial charge is 0.132 e. The van der Waals surface area contributed by atoms with Crippen molar-refractivity contribution < 1.29 is 0 Å². The van der Waals surface area contributed by atoms with Crippen LogP contribution >= 0.6 is 11.6 Å². The van der Waals surface area contributed by atoms with Gasteiger partial charge in [0.25, 0.3) is 0 Å². The van der Waals surface area contributed by atoms with E-state index in [1.165, 1.54) is 5.56 Å². The molecule has 74 valence electrons. The number of nitrogens with one attached hydrogen (secondary N) is 1. The first-order chi connectivity index (χ1) is 6.81. The van der Waals surface area contributed by atoms with Crippen LogP contribution in [0.15, 0.2) is 18.2 Å². The summed E-state index contributed by atoms with van der Waals surface area (Å²) >= 11 is 5.89. The zero-order valence-electron chi connectivity index (χ0n) is 7.76. The van der Waals surface area contributed by atoms with Gasteiger partial charge in [-0.25, -0.2) is 0 Å². The third-order valence-electron chi connectivity index (χ3n) is 2.24. The van der Waals surface area contributed by atoms with Crippen LogP contribution in [-0.2, 0) is 6.42 Å². The minimum atomic E-state index is 0.602. The SMILES string of the molecule is NCCCc1ccc2c(Cl)[nH]nc2c1. The van der Waals surface area contributed by atoms with Crippen LogP contribution in [0.25, 0.3) is 10.9 Å². The summed E-state index contributed by atoms with van der Waals surface area (Å²) < 4.78 is 0. The van der Waals surface area contributed by atoms with Gasteiger partial charge in [-0.05, 0) is 37.1 Å². The number of rotatable bonds is 3. The molecule has 0 saturated heterocycles. The van der Waals surface area contributed by atoms with Crippen molar-refractivity contribution in [2.24, 2.45) is 5.73 Å². The van der Waals surface area contributed by atoms with Crippen molar-refractivity contribution in [2.45, 2.75) is 12.8 Å². The molecule has 0 fully saturated rings. The lowest BCUT2D eigenvalue weighted by molar-refractivity contribution is 0.833. The van der Waals surface area contributed by atoms with Gasteiger partial charge in [-0.3, -0.25) is 5.10 Å². The van der Waals surface area contributed by atoms with Crippen LogP contribution < -0.4 is 5.73 Å². The molecular weight excluding hydrogens is 198 g/mol. The average Bonchev–Trinajstić information content (AvgIpc) is 2.57. The lowest BCUT2D eigenvalue weighted by Crippen LogP contribution is -2.00. The van der Waals surface area contributed by atoms with E-state index in [-0.39, 0.29) is 0 Å². The van der Waals surface area contributed by atoms with Crippen LogP contribution in [0, 0.1) is 0 Å². The van der Waals surface area contributed by atoms with E-state index >= 15 is 0 Å². The van der Waals surface area contributed by atoms with Crippen molar-refractivity contribution >= 4 is 22.5 Å². The van der Waals surface area contributed by atoms with Gasteiger partial charge >= 0.3 is 0 Å². The predicted molar refractivity (Wildman–Crippen MR) is 58.5 cm³/mol. The fraction of sp³-hybridized carbons (Fsp3) is 0.300. The molecule has 0 radical (unpaired) electrons. The first kappa shape index (κ1) is 9.49. The van der Waals surface area contributed by atoms with Crippen LogP contribution in [-0.4, -0.2) is 16.7 Å². The first-order valence-electron chi connectivity index (χ1n) is 4.64. The molecule has 1 aromatic carbocycles. The number of aryl methyl sites for hydroxylation is 1. The molecule has 0 bridgehead atoms. The van der Waals surface area contributed by atoms with Gasteiger partial charge in [0, 0.05) is 5.39 Å². The Bertz CT molecular complexity index is 436. The number of H-pyrrole nitrogens is 1. The molecule has 0 amide bonds. The summed E-state index contributed by atoms with van der Waals surface area (Å²) in [5.41, 5.74) is 7.63. The molecule has 0 saturated carbocycles. The molecule has 1 aromatic heterocycles. The Hall–Kier alpha value is -1.06. The zero-order valence-corrected chi connectivity index (χ0v) is 8.51. The first-order valence-corrected chi connectivity index (χ1v) is 5.01. The number of nitrogens with zero attached hydrogens (tertiary/aromatic N) is 1. The lowest BCUT2D eigenvalue weighted by Gasteiger charge is -1.98. The molecule has 3 N–H and O–H groups in total. The maximum atomic E-state index is 5.89. The van der Waals surface area contributed by atoms with E-state index in [4.69, 9.17) is 17.3 Å². The summed E-state index contributed by atoms with van der Waals surface area (Å²) in [4.78, 5) is 0. The standard InChI is InChI=1S/C10H12ClN3/c11-10-8-4-3-7(2-1-5-12)6-9(8)13-14-10/h3-4,6H,1-2,5,12H2,(H,13,14). The summed E-state index contributed by atoms with van der Waals surface area (Å²) in [6.45, 7) is 0.722. The van der Waals surface area contributed by atoms with Gasteiger partial charge in [0.05, 0.1) is 5.52 Å². The van der Waals surface area contributed by atoms with Gasteiger partial charge in [0.2, 0.25) is 0 Å². The van der Waals surface area contributed by atoms with Crippen molar-refractivity contribution in [3.8, 4) is 0 Å². The maximum Gasteiger partial charge on any atom is 0.132 e. The van der Waals surface area contributed by atoms with Crippen molar-refractivity contribution in [3.05, 3.63) is 28.9 Å². The van der Waals surface area contributed by atoms with E-state index < -0.39 is 0 Å². The Balaban J connectivity index is 2.32. The van der Waals surface area contributed by atoms with Gasteiger partial charge in [-0.2, -0.15) is 5.10 Å². The normalized spacial score (nSPS) is 11.0. The van der Waals surface area contributed by atoms with E-state index in [1.807, 2.05) is 12.1 Å². The number of aromatic amines is 1. The number of hydrogen-bond acceptors (Lipinski definition) is 2. The van der Waals surface area contributed by atoms with Gasteiger partial charge < -0.3 is 5.73 Å². The summed E-state index contributed by atoms with van der Waals surface area (Å²) in [5, 5.41) is 8.43. The van der Waals surface area contributed by atoms with Crippen molar-refractivity contribution in [2.75, 3.05) is 6.54 Å². The number of fused-ring (bicyclic) bond motifs is 1. The number of nitrogens with two attached hydrogens (primary N) is 1. The molecule has 3 nitrogen and oxygen atoms in total. The van der Waals surface area contributed by atoms with Crippen LogP contribution in [0.3, 0.4) is 0 Å². The van der Waals surface area contributed by atoms with Crippen LogP contribution in [0.4, 0.5) is 0 Å². The quantitative estimate of drug-likeness (QED) is 0.814. The molecule has 2 rings (SSSR count). The largest absolute Gasteiger partial charge is 0.330 e. The predicted octanol–water partition coefficient (Wildman–Crippen LogP) is 2.11. The molecule has 0 aliphatic heterocycles.